The Kier molecular flexibility index (Phi) is 5.54. The van der Waals surface area contributed by atoms with Gasteiger partial charge < -0.3 is 5.73 Å². The number of nitrogens with two attached hydrogens (primary N) is 1. The van der Waals surface area contributed by atoms with Gasteiger partial charge in [0.25, 0.3) is 0 Å². The summed E-state index contributed by atoms with van der Waals surface area (Å²) >= 11 is 0. The van der Waals surface area contributed by atoms with Gasteiger partial charge in [0.15, 0.2) is 0 Å². The molecule has 0 fully saturated rings. The van der Waals surface area contributed by atoms with E-state index < -0.39 is 0 Å². The van der Waals surface area contributed by atoms with Crippen molar-refractivity contribution in [1.29, 1.82) is 0 Å². The van der Waals surface area contributed by atoms with Crippen molar-refractivity contribution in [3.63, 3.8) is 0 Å². The van der Waals surface area contributed by atoms with Crippen LogP contribution in [-0.2, 0) is 6.42 Å². The topological polar surface area (TPSA) is 26.0 Å². The van der Waals surface area contributed by atoms with Gasteiger partial charge in [-0.1, -0.05) is 44.5 Å². The maximum absolute atomic E-state index is 6.15. The van der Waals surface area contributed by atoms with Crippen LogP contribution < -0.4 is 5.73 Å². The van der Waals surface area contributed by atoms with E-state index in [1.54, 1.807) is 0 Å². The third-order valence-electron chi connectivity index (χ3n) is 3.45. The van der Waals surface area contributed by atoms with Crippen LogP contribution in [0, 0.1) is 12.8 Å². The zero-order valence-electron chi connectivity index (χ0n) is 10.9. The van der Waals surface area contributed by atoms with Crippen molar-refractivity contribution in [3.05, 3.63) is 35.4 Å². The Labute approximate surface area is 100 Å². The summed E-state index contributed by atoms with van der Waals surface area (Å²) in [4.78, 5) is 0. The molecule has 0 aromatic heterocycles. The standard InChI is InChI=1S/C15H25N/c1-4-12(2)11-15(16)10-9-14-8-6-5-7-13(14)3/h5-8,12,15H,4,9-11,16H2,1-3H3. The maximum Gasteiger partial charge on any atom is 0.00445 e. The third kappa shape index (κ3) is 4.36. The second kappa shape index (κ2) is 6.70. The Bertz CT molecular complexity index is 306. The van der Waals surface area contributed by atoms with E-state index >= 15 is 0 Å². The average Bonchev–Trinajstić information content (AvgIpc) is 2.28. The van der Waals surface area contributed by atoms with E-state index in [1.165, 1.54) is 17.5 Å². The summed E-state index contributed by atoms with van der Waals surface area (Å²) in [7, 11) is 0. The van der Waals surface area contributed by atoms with Gasteiger partial charge in [-0.25, -0.2) is 0 Å². The lowest BCUT2D eigenvalue weighted by Crippen LogP contribution is -2.23. The lowest BCUT2D eigenvalue weighted by Gasteiger charge is -2.16. The first-order chi connectivity index (χ1) is 7.63. The number of rotatable bonds is 6. The number of hydrogen-bond acceptors (Lipinski definition) is 1. The molecule has 0 spiro atoms. The minimum absolute atomic E-state index is 0.356. The number of aryl methyl sites for hydroxylation is 2. The smallest absolute Gasteiger partial charge is 0.00445 e. The maximum atomic E-state index is 6.15. The van der Waals surface area contributed by atoms with E-state index in [9.17, 15) is 0 Å². The molecule has 0 bridgehead atoms. The Morgan fingerprint density at radius 1 is 1.25 bits per heavy atom. The molecule has 0 heterocycles. The highest BCUT2D eigenvalue weighted by atomic mass is 14.6. The fourth-order valence-electron chi connectivity index (χ4n) is 2.03. The second-order valence-electron chi connectivity index (χ2n) is 4.97. The van der Waals surface area contributed by atoms with Gasteiger partial charge >= 0.3 is 0 Å². The zero-order valence-corrected chi connectivity index (χ0v) is 10.9. The summed E-state index contributed by atoms with van der Waals surface area (Å²) in [5, 5.41) is 0. The van der Waals surface area contributed by atoms with Crippen LogP contribution >= 0.6 is 0 Å². The molecule has 2 atom stereocenters. The van der Waals surface area contributed by atoms with Crippen LogP contribution in [0.25, 0.3) is 0 Å². The predicted molar refractivity (Wildman–Crippen MR) is 71.5 cm³/mol. The molecule has 0 amide bonds. The summed E-state index contributed by atoms with van der Waals surface area (Å²) < 4.78 is 0. The molecule has 1 heteroatoms. The number of hydrogen-bond donors (Lipinski definition) is 1. The SMILES string of the molecule is CCC(C)CC(N)CCc1ccccc1C. The van der Waals surface area contributed by atoms with Crippen molar-refractivity contribution in [3.8, 4) is 0 Å². The molecule has 1 nitrogen and oxygen atoms in total. The van der Waals surface area contributed by atoms with Crippen molar-refractivity contribution in [1.82, 2.24) is 0 Å². The van der Waals surface area contributed by atoms with E-state index in [1.807, 2.05) is 0 Å². The van der Waals surface area contributed by atoms with Crippen molar-refractivity contribution in [2.45, 2.75) is 52.5 Å². The van der Waals surface area contributed by atoms with Crippen LogP contribution in [0.2, 0.25) is 0 Å². The minimum atomic E-state index is 0.356. The van der Waals surface area contributed by atoms with E-state index in [2.05, 4.69) is 45.0 Å². The molecule has 0 aliphatic carbocycles. The minimum Gasteiger partial charge on any atom is -0.328 e. The predicted octanol–water partition coefficient (Wildman–Crippen LogP) is 3.69. The van der Waals surface area contributed by atoms with Crippen LogP contribution in [0.5, 0.6) is 0 Å². The lowest BCUT2D eigenvalue weighted by molar-refractivity contribution is 0.436. The van der Waals surface area contributed by atoms with E-state index in [-0.39, 0.29) is 0 Å². The van der Waals surface area contributed by atoms with Crippen molar-refractivity contribution in [2.24, 2.45) is 11.7 Å². The number of benzene rings is 1. The van der Waals surface area contributed by atoms with Gasteiger partial charge in [0.2, 0.25) is 0 Å². The quantitative estimate of drug-likeness (QED) is 0.776. The second-order valence-corrected chi connectivity index (χ2v) is 4.97. The fourth-order valence-corrected chi connectivity index (χ4v) is 2.03. The molecule has 1 aromatic rings. The molecule has 16 heavy (non-hydrogen) atoms. The Balaban J connectivity index is 2.37. The molecular weight excluding hydrogens is 194 g/mol. The summed E-state index contributed by atoms with van der Waals surface area (Å²) in [6, 6.07) is 8.95. The molecule has 0 aliphatic heterocycles. The van der Waals surface area contributed by atoms with E-state index in [0.29, 0.717) is 6.04 Å². The van der Waals surface area contributed by atoms with Gasteiger partial charge in [0.05, 0.1) is 0 Å². The highest BCUT2D eigenvalue weighted by Crippen LogP contribution is 2.14. The van der Waals surface area contributed by atoms with Crippen LogP contribution in [0.1, 0.15) is 44.2 Å². The molecule has 2 unspecified atom stereocenters. The van der Waals surface area contributed by atoms with Gasteiger partial charge in [-0.05, 0) is 43.2 Å². The van der Waals surface area contributed by atoms with Crippen molar-refractivity contribution >= 4 is 0 Å². The van der Waals surface area contributed by atoms with Gasteiger partial charge in [0, 0.05) is 6.04 Å². The Morgan fingerprint density at radius 2 is 1.94 bits per heavy atom. The molecule has 0 saturated carbocycles. The van der Waals surface area contributed by atoms with Crippen molar-refractivity contribution in [2.75, 3.05) is 0 Å². The van der Waals surface area contributed by atoms with Crippen LogP contribution in [0.3, 0.4) is 0 Å². The Hall–Kier alpha value is -0.820. The van der Waals surface area contributed by atoms with Crippen LogP contribution in [0.15, 0.2) is 24.3 Å². The highest BCUT2D eigenvalue weighted by molar-refractivity contribution is 5.25. The first kappa shape index (κ1) is 13.2. The molecule has 0 saturated heterocycles. The molecular formula is C15H25N. The van der Waals surface area contributed by atoms with Gasteiger partial charge in [-0.3, -0.25) is 0 Å². The molecule has 1 aromatic carbocycles. The monoisotopic (exact) mass is 219 g/mol. The van der Waals surface area contributed by atoms with Crippen LogP contribution in [0.4, 0.5) is 0 Å². The molecule has 2 N–H and O–H groups in total. The lowest BCUT2D eigenvalue weighted by atomic mass is 9.94. The van der Waals surface area contributed by atoms with Gasteiger partial charge in [-0.15, -0.1) is 0 Å². The average molecular weight is 219 g/mol. The summed E-state index contributed by atoms with van der Waals surface area (Å²) in [6.45, 7) is 6.70. The molecule has 0 aliphatic rings. The zero-order chi connectivity index (χ0) is 12.0. The summed E-state index contributed by atoms with van der Waals surface area (Å²) in [5.41, 5.74) is 8.98. The van der Waals surface area contributed by atoms with Gasteiger partial charge in [-0.2, -0.15) is 0 Å². The highest BCUT2D eigenvalue weighted by Gasteiger charge is 2.08. The first-order valence-electron chi connectivity index (χ1n) is 6.43. The Morgan fingerprint density at radius 3 is 2.56 bits per heavy atom. The van der Waals surface area contributed by atoms with E-state index in [4.69, 9.17) is 5.73 Å². The van der Waals surface area contributed by atoms with Gasteiger partial charge in [0.1, 0.15) is 0 Å². The first-order valence-corrected chi connectivity index (χ1v) is 6.43. The van der Waals surface area contributed by atoms with E-state index in [0.717, 1.165) is 25.2 Å². The third-order valence-corrected chi connectivity index (χ3v) is 3.45. The summed E-state index contributed by atoms with van der Waals surface area (Å²) in [6.07, 6.45) is 4.61. The largest absolute Gasteiger partial charge is 0.328 e. The normalized spacial score (nSPS) is 14.8. The summed E-state index contributed by atoms with van der Waals surface area (Å²) in [5.74, 6) is 0.756. The molecule has 90 valence electrons. The fraction of sp³-hybridized carbons (Fsp3) is 0.600. The van der Waals surface area contributed by atoms with Crippen molar-refractivity contribution < 1.29 is 0 Å². The molecule has 0 radical (unpaired) electrons. The van der Waals surface area contributed by atoms with Crippen LogP contribution in [-0.4, -0.2) is 6.04 Å². The molecule has 1 rings (SSSR count).